The van der Waals surface area contributed by atoms with Crippen LogP contribution in [0.1, 0.15) is 5.56 Å². The number of hydrogen-bond donors (Lipinski definition) is 1. The highest BCUT2D eigenvalue weighted by Crippen LogP contribution is 2.06. The Bertz CT molecular complexity index is 350. The molecule has 1 aromatic rings. The second-order valence-electron chi connectivity index (χ2n) is 3.01. The lowest BCUT2D eigenvalue weighted by Gasteiger charge is -2.15. The molecule has 0 saturated carbocycles. The summed E-state index contributed by atoms with van der Waals surface area (Å²) in [5.74, 6) is 0.563. The number of carbonyl (C=O) groups is 1. The van der Waals surface area contributed by atoms with Crippen LogP contribution in [0.25, 0.3) is 0 Å². The minimum Gasteiger partial charge on any atom is -0.368 e. The second-order valence-corrected chi connectivity index (χ2v) is 3.82. The average molecular weight is 270 g/mol. The lowest BCUT2D eigenvalue weighted by atomic mass is 10.3. The molecule has 0 saturated heterocycles. The van der Waals surface area contributed by atoms with Crippen LogP contribution < -0.4 is 5.32 Å². The standard InChI is InChI=1S/C10H12BrN3O/c1-8(14(2)7-15)12-5-9-3-4-10(11)13-6-9/h3-4,6-7,12H,1,5H2,2H3. The second kappa shape index (κ2) is 5.50. The van der Waals surface area contributed by atoms with Crippen molar-refractivity contribution in [2.45, 2.75) is 6.54 Å². The first-order chi connectivity index (χ1) is 7.13. The first-order valence-electron chi connectivity index (χ1n) is 4.35. The monoisotopic (exact) mass is 269 g/mol. The van der Waals surface area contributed by atoms with E-state index in [4.69, 9.17) is 0 Å². The topological polar surface area (TPSA) is 45.2 Å². The highest BCUT2D eigenvalue weighted by molar-refractivity contribution is 9.10. The zero-order valence-electron chi connectivity index (χ0n) is 8.40. The molecule has 0 fully saturated rings. The zero-order valence-corrected chi connectivity index (χ0v) is 9.99. The fraction of sp³-hybridized carbons (Fsp3) is 0.200. The van der Waals surface area contributed by atoms with Gasteiger partial charge < -0.3 is 10.2 Å². The highest BCUT2D eigenvalue weighted by Gasteiger charge is 1.99. The van der Waals surface area contributed by atoms with Gasteiger partial charge in [0, 0.05) is 19.8 Å². The molecule has 0 atom stereocenters. The number of rotatable bonds is 5. The van der Waals surface area contributed by atoms with Gasteiger partial charge in [-0.15, -0.1) is 0 Å². The van der Waals surface area contributed by atoms with E-state index >= 15 is 0 Å². The van der Waals surface area contributed by atoms with Gasteiger partial charge in [-0.1, -0.05) is 12.6 Å². The van der Waals surface area contributed by atoms with E-state index in [0.29, 0.717) is 18.8 Å². The maximum Gasteiger partial charge on any atom is 0.214 e. The van der Waals surface area contributed by atoms with E-state index in [-0.39, 0.29) is 0 Å². The average Bonchev–Trinajstić information content (AvgIpc) is 2.26. The molecule has 0 aliphatic carbocycles. The van der Waals surface area contributed by atoms with E-state index in [2.05, 4.69) is 32.8 Å². The van der Waals surface area contributed by atoms with Crippen molar-refractivity contribution in [1.82, 2.24) is 15.2 Å². The van der Waals surface area contributed by atoms with Gasteiger partial charge in [0.25, 0.3) is 0 Å². The number of carbonyl (C=O) groups excluding carboxylic acids is 1. The number of hydrogen-bond acceptors (Lipinski definition) is 3. The highest BCUT2D eigenvalue weighted by atomic mass is 79.9. The third kappa shape index (κ3) is 3.71. The van der Waals surface area contributed by atoms with Crippen molar-refractivity contribution < 1.29 is 4.79 Å². The van der Waals surface area contributed by atoms with Crippen LogP contribution in [-0.2, 0) is 11.3 Å². The van der Waals surface area contributed by atoms with E-state index in [9.17, 15) is 4.79 Å². The normalized spacial score (nSPS) is 9.47. The van der Waals surface area contributed by atoms with Gasteiger partial charge in [0.2, 0.25) is 6.41 Å². The molecule has 0 aliphatic rings. The Morgan fingerprint density at radius 2 is 2.47 bits per heavy atom. The summed E-state index contributed by atoms with van der Waals surface area (Å²) in [5, 5.41) is 3.01. The molecule has 0 bridgehead atoms. The predicted molar refractivity (Wildman–Crippen MR) is 61.7 cm³/mol. The molecule has 1 heterocycles. The van der Waals surface area contributed by atoms with Crippen molar-refractivity contribution in [1.29, 1.82) is 0 Å². The zero-order chi connectivity index (χ0) is 11.3. The number of nitrogens with one attached hydrogen (secondary N) is 1. The molecular formula is C10H12BrN3O. The van der Waals surface area contributed by atoms with Crippen LogP contribution in [0.3, 0.4) is 0 Å². The fourth-order valence-electron chi connectivity index (χ4n) is 0.903. The molecule has 0 aliphatic heterocycles. The first-order valence-corrected chi connectivity index (χ1v) is 5.14. The van der Waals surface area contributed by atoms with Gasteiger partial charge >= 0.3 is 0 Å². The quantitative estimate of drug-likeness (QED) is 0.651. The van der Waals surface area contributed by atoms with Crippen molar-refractivity contribution in [3.63, 3.8) is 0 Å². The molecule has 0 aromatic carbocycles. The Balaban J connectivity index is 2.47. The molecule has 5 heteroatoms. The van der Waals surface area contributed by atoms with Gasteiger partial charge in [0.1, 0.15) is 10.4 Å². The maximum absolute atomic E-state index is 10.4. The van der Waals surface area contributed by atoms with Crippen LogP contribution in [-0.4, -0.2) is 23.3 Å². The molecule has 1 aromatic heterocycles. The SMILES string of the molecule is C=C(NCc1ccc(Br)nc1)N(C)C=O. The summed E-state index contributed by atoms with van der Waals surface area (Å²) in [5.41, 5.74) is 1.03. The van der Waals surface area contributed by atoms with Crippen LogP contribution in [0.4, 0.5) is 0 Å². The van der Waals surface area contributed by atoms with Crippen LogP contribution in [0, 0.1) is 0 Å². The summed E-state index contributed by atoms with van der Waals surface area (Å²) < 4.78 is 0.801. The smallest absolute Gasteiger partial charge is 0.214 e. The van der Waals surface area contributed by atoms with Crippen LogP contribution in [0.15, 0.2) is 35.3 Å². The largest absolute Gasteiger partial charge is 0.368 e. The summed E-state index contributed by atoms with van der Waals surface area (Å²) in [7, 11) is 1.64. The van der Waals surface area contributed by atoms with E-state index in [0.717, 1.165) is 10.2 Å². The summed E-state index contributed by atoms with van der Waals surface area (Å²) in [4.78, 5) is 15.9. The lowest BCUT2D eigenvalue weighted by molar-refractivity contribution is -0.115. The number of nitrogens with zero attached hydrogens (tertiary/aromatic N) is 2. The minimum atomic E-state index is 0.563. The molecule has 0 radical (unpaired) electrons. The molecule has 1 rings (SSSR count). The summed E-state index contributed by atoms with van der Waals surface area (Å²) in [6.45, 7) is 4.31. The molecule has 1 amide bonds. The third-order valence-electron chi connectivity index (χ3n) is 1.87. The van der Waals surface area contributed by atoms with E-state index in [1.807, 2.05) is 12.1 Å². The van der Waals surface area contributed by atoms with Crippen molar-refractivity contribution in [3.05, 3.63) is 40.9 Å². The summed E-state index contributed by atoms with van der Waals surface area (Å²) in [6, 6.07) is 3.81. The molecule has 1 N–H and O–H groups in total. The summed E-state index contributed by atoms with van der Waals surface area (Å²) in [6.07, 6.45) is 2.46. The third-order valence-corrected chi connectivity index (χ3v) is 2.34. The van der Waals surface area contributed by atoms with Gasteiger partial charge in [-0.25, -0.2) is 4.98 Å². The Morgan fingerprint density at radius 3 is 3.00 bits per heavy atom. The van der Waals surface area contributed by atoms with Crippen LogP contribution >= 0.6 is 15.9 Å². The Hall–Kier alpha value is -1.36. The molecule has 80 valence electrons. The van der Waals surface area contributed by atoms with Crippen molar-refractivity contribution in [2.24, 2.45) is 0 Å². The molecule has 4 nitrogen and oxygen atoms in total. The van der Waals surface area contributed by atoms with Gasteiger partial charge in [0.05, 0.1) is 0 Å². The van der Waals surface area contributed by atoms with E-state index < -0.39 is 0 Å². The molecular weight excluding hydrogens is 258 g/mol. The van der Waals surface area contributed by atoms with Crippen LogP contribution in [0.2, 0.25) is 0 Å². The van der Waals surface area contributed by atoms with Gasteiger partial charge in [-0.2, -0.15) is 0 Å². The van der Waals surface area contributed by atoms with Gasteiger partial charge in [-0.3, -0.25) is 4.79 Å². The first kappa shape index (κ1) is 11.7. The fourth-order valence-corrected chi connectivity index (χ4v) is 1.14. The van der Waals surface area contributed by atoms with Crippen molar-refractivity contribution in [3.8, 4) is 0 Å². The Labute approximate surface area is 97.1 Å². The summed E-state index contributed by atoms with van der Waals surface area (Å²) >= 11 is 3.26. The number of amides is 1. The number of aromatic nitrogens is 1. The molecule has 0 unspecified atom stereocenters. The number of pyridine rings is 1. The van der Waals surface area contributed by atoms with Gasteiger partial charge in [0.15, 0.2) is 0 Å². The lowest BCUT2D eigenvalue weighted by Crippen LogP contribution is -2.26. The van der Waals surface area contributed by atoms with Crippen molar-refractivity contribution in [2.75, 3.05) is 7.05 Å². The molecule has 15 heavy (non-hydrogen) atoms. The Morgan fingerprint density at radius 1 is 1.73 bits per heavy atom. The van der Waals surface area contributed by atoms with Gasteiger partial charge in [-0.05, 0) is 27.6 Å². The predicted octanol–water partition coefficient (Wildman–Crippen LogP) is 1.49. The maximum atomic E-state index is 10.4. The van der Waals surface area contributed by atoms with Crippen molar-refractivity contribution >= 4 is 22.3 Å². The van der Waals surface area contributed by atoms with E-state index in [1.54, 1.807) is 13.2 Å². The number of halogens is 1. The molecule has 0 spiro atoms. The van der Waals surface area contributed by atoms with E-state index in [1.165, 1.54) is 4.90 Å². The minimum absolute atomic E-state index is 0.563. The Kier molecular flexibility index (Phi) is 4.30. The van der Waals surface area contributed by atoms with Crippen LogP contribution in [0.5, 0.6) is 0 Å².